The summed E-state index contributed by atoms with van der Waals surface area (Å²) >= 11 is 3.58. The van der Waals surface area contributed by atoms with Gasteiger partial charge in [0.2, 0.25) is 10.0 Å². The summed E-state index contributed by atoms with van der Waals surface area (Å²) in [6.45, 7) is 5.57. The van der Waals surface area contributed by atoms with Crippen LogP contribution in [0.3, 0.4) is 0 Å². The van der Waals surface area contributed by atoms with Crippen LogP contribution in [0.4, 0.5) is 0 Å². The standard InChI is InChI=1S/C11H22BrNO2S/c1-3-4-9-16(14,15)13-7-5-11(6-8-13)10(2)12/h10-11H,3-9H2,1-2H3. The van der Waals surface area contributed by atoms with Crippen LogP contribution < -0.4 is 0 Å². The summed E-state index contributed by atoms with van der Waals surface area (Å²) < 4.78 is 25.5. The third-order valence-corrected chi connectivity index (χ3v) is 6.00. The van der Waals surface area contributed by atoms with Crippen molar-refractivity contribution >= 4 is 26.0 Å². The second-order valence-corrected chi connectivity index (χ2v) is 8.12. The molecule has 0 amide bonds. The first-order valence-electron chi connectivity index (χ1n) is 6.09. The van der Waals surface area contributed by atoms with Crippen molar-refractivity contribution in [3.63, 3.8) is 0 Å². The Morgan fingerprint density at radius 2 is 1.94 bits per heavy atom. The van der Waals surface area contributed by atoms with Gasteiger partial charge >= 0.3 is 0 Å². The van der Waals surface area contributed by atoms with Crippen molar-refractivity contribution in [1.29, 1.82) is 0 Å². The molecule has 1 fully saturated rings. The maximum atomic E-state index is 11.9. The van der Waals surface area contributed by atoms with Gasteiger partial charge in [-0.3, -0.25) is 0 Å². The number of hydrogen-bond acceptors (Lipinski definition) is 2. The number of nitrogens with zero attached hydrogens (tertiary/aromatic N) is 1. The minimum atomic E-state index is -2.98. The quantitative estimate of drug-likeness (QED) is 0.732. The van der Waals surface area contributed by atoms with E-state index in [4.69, 9.17) is 0 Å². The SMILES string of the molecule is CCCCS(=O)(=O)N1CCC(C(C)Br)CC1. The molecule has 1 unspecified atom stereocenters. The smallest absolute Gasteiger partial charge is 0.212 e. The first kappa shape index (κ1) is 14.5. The third kappa shape index (κ3) is 4.00. The molecule has 0 saturated carbocycles. The summed E-state index contributed by atoms with van der Waals surface area (Å²) in [6.07, 6.45) is 3.68. The molecule has 5 heteroatoms. The van der Waals surface area contributed by atoms with E-state index in [0.29, 0.717) is 29.6 Å². The van der Waals surface area contributed by atoms with Crippen LogP contribution in [0.15, 0.2) is 0 Å². The van der Waals surface area contributed by atoms with Crippen molar-refractivity contribution in [2.45, 2.75) is 44.4 Å². The first-order chi connectivity index (χ1) is 7.47. The Morgan fingerprint density at radius 1 is 1.38 bits per heavy atom. The highest BCUT2D eigenvalue weighted by molar-refractivity contribution is 9.09. The molecular weight excluding hydrogens is 290 g/mol. The highest BCUT2D eigenvalue weighted by Gasteiger charge is 2.28. The number of rotatable bonds is 5. The predicted octanol–water partition coefficient (Wildman–Crippen LogP) is 2.61. The van der Waals surface area contributed by atoms with Gasteiger partial charge in [0.15, 0.2) is 0 Å². The maximum absolute atomic E-state index is 11.9. The number of hydrogen-bond donors (Lipinski definition) is 0. The van der Waals surface area contributed by atoms with Crippen LogP contribution in [-0.4, -0.2) is 36.4 Å². The lowest BCUT2D eigenvalue weighted by Gasteiger charge is -2.32. The van der Waals surface area contributed by atoms with Gasteiger partial charge in [0.1, 0.15) is 0 Å². The van der Waals surface area contributed by atoms with Crippen molar-refractivity contribution in [1.82, 2.24) is 4.31 Å². The molecule has 96 valence electrons. The molecule has 1 rings (SSSR count). The van der Waals surface area contributed by atoms with Gasteiger partial charge < -0.3 is 0 Å². The fraction of sp³-hybridized carbons (Fsp3) is 1.00. The minimum Gasteiger partial charge on any atom is -0.212 e. The fourth-order valence-corrected chi connectivity index (χ4v) is 4.28. The molecule has 0 bridgehead atoms. The number of alkyl halides is 1. The second-order valence-electron chi connectivity index (χ2n) is 4.58. The summed E-state index contributed by atoms with van der Waals surface area (Å²) in [5.41, 5.74) is 0. The van der Waals surface area contributed by atoms with E-state index >= 15 is 0 Å². The largest absolute Gasteiger partial charge is 0.214 e. The van der Waals surface area contributed by atoms with Crippen molar-refractivity contribution in [3.05, 3.63) is 0 Å². The summed E-state index contributed by atoms with van der Waals surface area (Å²) in [5.74, 6) is 0.940. The second kappa shape index (κ2) is 6.36. The molecular formula is C11H22BrNO2S. The van der Waals surface area contributed by atoms with Crippen molar-refractivity contribution in [2.75, 3.05) is 18.8 Å². The van der Waals surface area contributed by atoms with E-state index in [2.05, 4.69) is 22.9 Å². The summed E-state index contributed by atoms with van der Waals surface area (Å²) in [6, 6.07) is 0. The summed E-state index contributed by atoms with van der Waals surface area (Å²) in [5, 5.41) is 0. The molecule has 0 N–H and O–H groups in total. The average Bonchev–Trinajstić information content (AvgIpc) is 2.26. The molecule has 0 aromatic rings. The van der Waals surface area contributed by atoms with E-state index in [1.54, 1.807) is 4.31 Å². The molecule has 1 atom stereocenters. The molecule has 1 aliphatic rings. The van der Waals surface area contributed by atoms with E-state index < -0.39 is 10.0 Å². The Labute approximate surface area is 108 Å². The zero-order chi connectivity index (χ0) is 12.2. The van der Waals surface area contributed by atoms with E-state index in [0.717, 1.165) is 25.7 Å². The van der Waals surface area contributed by atoms with E-state index in [1.165, 1.54) is 0 Å². The van der Waals surface area contributed by atoms with Gasteiger partial charge in [0.25, 0.3) is 0 Å². The Morgan fingerprint density at radius 3 is 2.38 bits per heavy atom. The lowest BCUT2D eigenvalue weighted by atomic mass is 9.96. The molecule has 0 aliphatic carbocycles. The molecule has 1 aliphatic heterocycles. The first-order valence-corrected chi connectivity index (χ1v) is 8.61. The number of piperidine rings is 1. The van der Waals surface area contributed by atoms with Crippen molar-refractivity contribution in [3.8, 4) is 0 Å². The molecule has 3 nitrogen and oxygen atoms in total. The molecule has 0 aromatic heterocycles. The maximum Gasteiger partial charge on any atom is 0.214 e. The Kier molecular flexibility index (Phi) is 5.74. The van der Waals surface area contributed by atoms with Gasteiger partial charge in [-0.1, -0.05) is 36.2 Å². The predicted molar refractivity (Wildman–Crippen MR) is 71.4 cm³/mol. The highest BCUT2D eigenvalue weighted by atomic mass is 79.9. The lowest BCUT2D eigenvalue weighted by Crippen LogP contribution is -2.41. The molecule has 0 spiro atoms. The van der Waals surface area contributed by atoms with Gasteiger partial charge in [-0.15, -0.1) is 0 Å². The average molecular weight is 312 g/mol. The van der Waals surface area contributed by atoms with Crippen LogP contribution in [0.25, 0.3) is 0 Å². The zero-order valence-corrected chi connectivity index (χ0v) is 12.6. The Balaban J connectivity index is 2.47. The summed E-state index contributed by atoms with van der Waals surface area (Å²) in [7, 11) is -2.98. The van der Waals surface area contributed by atoms with Crippen LogP contribution in [0, 0.1) is 5.92 Å². The van der Waals surface area contributed by atoms with Gasteiger partial charge in [-0.05, 0) is 25.2 Å². The summed E-state index contributed by atoms with van der Waals surface area (Å²) in [4.78, 5) is 0.494. The fourth-order valence-electron chi connectivity index (χ4n) is 2.07. The zero-order valence-electron chi connectivity index (χ0n) is 10.2. The molecule has 0 aromatic carbocycles. The number of sulfonamides is 1. The number of unbranched alkanes of at least 4 members (excludes halogenated alkanes) is 1. The van der Waals surface area contributed by atoms with Gasteiger partial charge in [0, 0.05) is 17.9 Å². The highest BCUT2D eigenvalue weighted by Crippen LogP contribution is 2.26. The minimum absolute atomic E-state index is 0.317. The Bertz CT molecular complexity index is 295. The Hall–Kier alpha value is 0.390. The van der Waals surface area contributed by atoms with Crippen LogP contribution in [0.2, 0.25) is 0 Å². The van der Waals surface area contributed by atoms with Crippen molar-refractivity contribution in [2.24, 2.45) is 5.92 Å². The molecule has 0 radical (unpaired) electrons. The normalized spacial score (nSPS) is 22.2. The van der Waals surface area contributed by atoms with Crippen LogP contribution in [0.1, 0.15) is 39.5 Å². The molecule has 16 heavy (non-hydrogen) atoms. The third-order valence-electron chi connectivity index (χ3n) is 3.30. The van der Waals surface area contributed by atoms with Gasteiger partial charge in [-0.25, -0.2) is 12.7 Å². The number of halogens is 1. The van der Waals surface area contributed by atoms with Crippen LogP contribution >= 0.6 is 15.9 Å². The van der Waals surface area contributed by atoms with E-state index in [1.807, 2.05) is 6.92 Å². The van der Waals surface area contributed by atoms with Gasteiger partial charge in [0.05, 0.1) is 5.75 Å². The van der Waals surface area contributed by atoms with E-state index in [9.17, 15) is 8.42 Å². The topological polar surface area (TPSA) is 37.4 Å². The molecule has 1 saturated heterocycles. The molecule has 1 heterocycles. The van der Waals surface area contributed by atoms with Crippen LogP contribution in [-0.2, 0) is 10.0 Å². The van der Waals surface area contributed by atoms with Crippen LogP contribution in [0.5, 0.6) is 0 Å². The van der Waals surface area contributed by atoms with Crippen molar-refractivity contribution < 1.29 is 8.42 Å². The van der Waals surface area contributed by atoms with Gasteiger partial charge in [-0.2, -0.15) is 0 Å². The lowest BCUT2D eigenvalue weighted by molar-refractivity contribution is 0.274. The van der Waals surface area contributed by atoms with E-state index in [-0.39, 0.29) is 0 Å². The monoisotopic (exact) mass is 311 g/mol.